The Morgan fingerprint density at radius 1 is 1.13 bits per heavy atom. The lowest BCUT2D eigenvalue weighted by molar-refractivity contribution is -0.157. The molecule has 0 saturated carbocycles. The normalized spacial score (nSPS) is 16.3. The fourth-order valence-corrected chi connectivity index (χ4v) is 1.04. The predicted octanol–water partition coefficient (Wildman–Crippen LogP) is 2.35. The molecule has 0 heterocycles. The lowest BCUT2D eigenvalue weighted by atomic mass is 10.1. The second-order valence-electron chi connectivity index (χ2n) is 5.45. The van der Waals surface area contributed by atoms with Crippen LogP contribution in [0, 0.1) is 5.92 Å². The fourth-order valence-electron chi connectivity index (χ4n) is 1.04. The SMILES string of the molecule is CC(NC(C)C(C)C)C(=O)OC(C)(C)C. The summed E-state index contributed by atoms with van der Waals surface area (Å²) in [6.45, 7) is 13.8. The maximum absolute atomic E-state index is 11.6. The Labute approximate surface area is 93.6 Å². The number of carbonyl (C=O) groups excluding carboxylic acids is 1. The zero-order valence-electron chi connectivity index (χ0n) is 11.0. The van der Waals surface area contributed by atoms with Crippen molar-refractivity contribution in [2.75, 3.05) is 0 Å². The molecule has 0 rings (SSSR count). The van der Waals surface area contributed by atoms with E-state index in [2.05, 4.69) is 26.1 Å². The number of ether oxygens (including phenoxy) is 1. The molecule has 0 aliphatic rings. The molecule has 0 saturated heterocycles. The van der Waals surface area contributed by atoms with E-state index < -0.39 is 5.60 Å². The van der Waals surface area contributed by atoms with Gasteiger partial charge in [0.15, 0.2) is 0 Å². The van der Waals surface area contributed by atoms with Gasteiger partial charge in [0, 0.05) is 6.04 Å². The van der Waals surface area contributed by atoms with E-state index in [4.69, 9.17) is 4.74 Å². The number of hydrogen-bond acceptors (Lipinski definition) is 3. The summed E-state index contributed by atoms with van der Waals surface area (Å²) in [6.07, 6.45) is 0. The van der Waals surface area contributed by atoms with Crippen LogP contribution < -0.4 is 5.32 Å². The third-order valence-corrected chi connectivity index (χ3v) is 2.27. The Morgan fingerprint density at radius 2 is 1.60 bits per heavy atom. The minimum Gasteiger partial charge on any atom is -0.459 e. The van der Waals surface area contributed by atoms with Crippen molar-refractivity contribution in [3.63, 3.8) is 0 Å². The largest absolute Gasteiger partial charge is 0.459 e. The Bertz CT molecular complexity index is 206. The molecule has 0 aromatic heterocycles. The molecule has 0 aliphatic heterocycles. The summed E-state index contributed by atoms with van der Waals surface area (Å²) >= 11 is 0. The van der Waals surface area contributed by atoms with E-state index in [0.29, 0.717) is 12.0 Å². The third kappa shape index (κ3) is 6.50. The molecule has 0 fully saturated rings. The Kier molecular flexibility index (Phi) is 5.29. The Hall–Kier alpha value is -0.570. The van der Waals surface area contributed by atoms with Crippen LogP contribution in [0.15, 0.2) is 0 Å². The molecule has 0 radical (unpaired) electrons. The number of rotatable bonds is 4. The zero-order chi connectivity index (χ0) is 12.2. The molecule has 15 heavy (non-hydrogen) atoms. The van der Waals surface area contributed by atoms with E-state index in [0.717, 1.165) is 0 Å². The molecule has 3 heteroatoms. The van der Waals surface area contributed by atoms with Crippen molar-refractivity contribution in [2.45, 2.75) is 66.2 Å². The Morgan fingerprint density at radius 3 is 1.93 bits per heavy atom. The maximum Gasteiger partial charge on any atom is 0.323 e. The number of esters is 1. The van der Waals surface area contributed by atoms with Gasteiger partial charge in [-0.05, 0) is 40.5 Å². The fraction of sp³-hybridized carbons (Fsp3) is 0.917. The Balaban J connectivity index is 4.11. The van der Waals surface area contributed by atoms with Crippen LogP contribution >= 0.6 is 0 Å². The molecule has 0 aromatic rings. The first-order valence-corrected chi connectivity index (χ1v) is 5.62. The van der Waals surface area contributed by atoms with Crippen molar-refractivity contribution in [1.29, 1.82) is 0 Å². The topological polar surface area (TPSA) is 38.3 Å². The van der Waals surface area contributed by atoms with E-state index in [1.165, 1.54) is 0 Å². The minimum atomic E-state index is -0.409. The average molecular weight is 215 g/mol. The summed E-state index contributed by atoms with van der Waals surface area (Å²) in [4.78, 5) is 11.6. The highest BCUT2D eigenvalue weighted by atomic mass is 16.6. The molecule has 2 atom stereocenters. The molecule has 90 valence electrons. The third-order valence-electron chi connectivity index (χ3n) is 2.27. The van der Waals surface area contributed by atoms with Gasteiger partial charge in [0.1, 0.15) is 11.6 Å². The zero-order valence-corrected chi connectivity index (χ0v) is 11.0. The van der Waals surface area contributed by atoms with Crippen LogP contribution in [0.2, 0.25) is 0 Å². The van der Waals surface area contributed by atoms with Gasteiger partial charge >= 0.3 is 5.97 Å². The summed E-state index contributed by atoms with van der Waals surface area (Å²) in [5.74, 6) is 0.324. The van der Waals surface area contributed by atoms with Crippen LogP contribution in [-0.4, -0.2) is 23.7 Å². The summed E-state index contributed by atoms with van der Waals surface area (Å²) in [7, 11) is 0. The average Bonchev–Trinajstić information content (AvgIpc) is 2.00. The maximum atomic E-state index is 11.6. The van der Waals surface area contributed by atoms with Crippen molar-refractivity contribution >= 4 is 5.97 Å². The van der Waals surface area contributed by atoms with E-state index in [1.54, 1.807) is 0 Å². The van der Waals surface area contributed by atoms with Crippen LogP contribution in [0.25, 0.3) is 0 Å². The van der Waals surface area contributed by atoms with E-state index >= 15 is 0 Å². The van der Waals surface area contributed by atoms with Gasteiger partial charge in [-0.1, -0.05) is 13.8 Å². The predicted molar refractivity (Wildman–Crippen MR) is 62.7 cm³/mol. The standard InChI is InChI=1S/C12H25NO2/c1-8(2)9(3)13-10(4)11(14)15-12(5,6)7/h8-10,13H,1-7H3. The van der Waals surface area contributed by atoms with E-state index in [9.17, 15) is 4.79 Å². The first-order chi connectivity index (χ1) is 6.63. The van der Waals surface area contributed by atoms with E-state index in [1.807, 2.05) is 27.7 Å². The van der Waals surface area contributed by atoms with Crippen LogP contribution in [0.1, 0.15) is 48.5 Å². The van der Waals surface area contributed by atoms with E-state index in [-0.39, 0.29) is 12.0 Å². The van der Waals surface area contributed by atoms with Gasteiger partial charge in [-0.2, -0.15) is 0 Å². The van der Waals surface area contributed by atoms with Crippen molar-refractivity contribution < 1.29 is 9.53 Å². The molecule has 0 aliphatic carbocycles. The van der Waals surface area contributed by atoms with Crippen molar-refractivity contribution in [2.24, 2.45) is 5.92 Å². The molecular formula is C12H25NO2. The minimum absolute atomic E-state index is 0.185. The molecule has 0 spiro atoms. The number of nitrogens with one attached hydrogen (secondary N) is 1. The molecule has 0 aromatic carbocycles. The van der Waals surface area contributed by atoms with Gasteiger partial charge in [0.05, 0.1) is 0 Å². The molecule has 2 unspecified atom stereocenters. The van der Waals surface area contributed by atoms with Gasteiger partial charge in [0.2, 0.25) is 0 Å². The molecule has 1 N–H and O–H groups in total. The van der Waals surface area contributed by atoms with Crippen molar-refractivity contribution in [3.8, 4) is 0 Å². The highest BCUT2D eigenvalue weighted by molar-refractivity contribution is 5.75. The lowest BCUT2D eigenvalue weighted by Crippen LogP contribution is -2.44. The van der Waals surface area contributed by atoms with Gasteiger partial charge < -0.3 is 10.1 Å². The molecule has 0 bridgehead atoms. The van der Waals surface area contributed by atoms with Crippen LogP contribution in [0.3, 0.4) is 0 Å². The summed E-state index contributed by atoms with van der Waals surface area (Å²) in [6, 6.07) is 0.0640. The highest BCUT2D eigenvalue weighted by Crippen LogP contribution is 2.09. The van der Waals surface area contributed by atoms with Crippen molar-refractivity contribution in [1.82, 2.24) is 5.32 Å². The van der Waals surface area contributed by atoms with Crippen LogP contribution in [-0.2, 0) is 9.53 Å². The van der Waals surface area contributed by atoms with Gasteiger partial charge in [-0.25, -0.2) is 0 Å². The van der Waals surface area contributed by atoms with Crippen molar-refractivity contribution in [3.05, 3.63) is 0 Å². The summed E-state index contributed by atoms with van der Waals surface area (Å²) < 4.78 is 5.28. The smallest absolute Gasteiger partial charge is 0.323 e. The number of hydrogen-bond donors (Lipinski definition) is 1. The van der Waals surface area contributed by atoms with Gasteiger partial charge in [-0.3, -0.25) is 4.79 Å². The first kappa shape index (κ1) is 14.4. The second-order valence-corrected chi connectivity index (χ2v) is 5.45. The molecule has 3 nitrogen and oxygen atoms in total. The second kappa shape index (κ2) is 5.50. The van der Waals surface area contributed by atoms with Crippen LogP contribution in [0.5, 0.6) is 0 Å². The van der Waals surface area contributed by atoms with Gasteiger partial charge in [-0.15, -0.1) is 0 Å². The summed E-state index contributed by atoms with van der Waals surface area (Å²) in [5.41, 5.74) is -0.409. The lowest BCUT2D eigenvalue weighted by Gasteiger charge is -2.26. The monoisotopic (exact) mass is 215 g/mol. The molecule has 0 amide bonds. The number of carbonyl (C=O) groups is 1. The highest BCUT2D eigenvalue weighted by Gasteiger charge is 2.23. The first-order valence-electron chi connectivity index (χ1n) is 5.62. The van der Waals surface area contributed by atoms with Gasteiger partial charge in [0.25, 0.3) is 0 Å². The quantitative estimate of drug-likeness (QED) is 0.732. The summed E-state index contributed by atoms with van der Waals surface area (Å²) in [5, 5.41) is 3.23. The molecular weight excluding hydrogens is 190 g/mol. The van der Waals surface area contributed by atoms with Crippen LogP contribution in [0.4, 0.5) is 0 Å².